The van der Waals surface area contributed by atoms with Gasteiger partial charge in [-0.2, -0.15) is 0 Å². The fourth-order valence-corrected chi connectivity index (χ4v) is 5.64. The number of sulfonamides is 1. The third kappa shape index (κ3) is 7.59. The van der Waals surface area contributed by atoms with Gasteiger partial charge in [0.15, 0.2) is 0 Å². The maximum Gasteiger partial charge on any atom is 0.264 e. The summed E-state index contributed by atoms with van der Waals surface area (Å²) in [5.41, 5.74) is 0.779. The Labute approximate surface area is 235 Å². The van der Waals surface area contributed by atoms with Crippen molar-refractivity contribution < 1.29 is 27.1 Å². The molecule has 2 amide bonds. The smallest absolute Gasteiger partial charge is 0.264 e. The summed E-state index contributed by atoms with van der Waals surface area (Å²) in [4.78, 5) is 28.6. The number of para-hydroxylation sites is 2. The third-order valence-electron chi connectivity index (χ3n) is 6.30. The minimum atomic E-state index is -4.21. The number of rotatable bonds is 13. The van der Waals surface area contributed by atoms with E-state index in [9.17, 15) is 22.4 Å². The Bertz CT molecular complexity index is 1380. The number of hydrogen-bond acceptors (Lipinski definition) is 5. The molecule has 1 atom stereocenters. The van der Waals surface area contributed by atoms with Crippen LogP contribution in [0, 0.1) is 11.7 Å². The monoisotopic (exact) mass is 569 g/mol. The van der Waals surface area contributed by atoms with Gasteiger partial charge in [0, 0.05) is 13.1 Å². The number of methoxy groups -OCH3 is 1. The van der Waals surface area contributed by atoms with Crippen molar-refractivity contribution in [3.8, 4) is 5.75 Å². The van der Waals surface area contributed by atoms with Gasteiger partial charge in [0.05, 0.1) is 17.7 Å². The maximum absolute atomic E-state index is 14.0. The molecule has 0 aliphatic rings. The molecule has 10 heteroatoms. The molecule has 0 aliphatic heterocycles. The van der Waals surface area contributed by atoms with Crippen LogP contribution in [0.25, 0.3) is 0 Å². The number of hydrogen-bond donors (Lipinski definition) is 1. The van der Waals surface area contributed by atoms with Crippen LogP contribution < -0.4 is 14.4 Å². The van der Waals surface area contributed by atoms with E-state index in [4.69, 9.17) is 4.74 Å². The molecule has 3 rings (SSSR count). The highest BCUT2D eigenvalue weighted by Crippen LogP contribution is 2.32. The van der Waals surface area contributed by atoms with Gasteiger partial charge in [-0.15, -0.1) is 0 Å². The Morgan fingerprint density at radius 1 is 0.950 bits per heavy atom. The minimum Gasteiger partial charge on any atom is -0.495 e. The molecule has 0 saturated heterocycles. The summed E-state index contributed by atoms with van der Waals surface area (Å²) in [7, 11) is -2.79. The largest absolute Gasteiger partial charge is 0.495 e. The lowest BCUT2D eigenvalue weighted by molar-refractivity contribution is -0.140. The second kappa shape index (κ2) is 13.9. The van der Waals surface area contributed by atoms with Crippen molar-refractivity contribution in [1.29, 1.82) is 0 Å². The fraction of sp³-hybridized carbons (Fsp3) is 0.333. The Kier molecular flexibility index (Phi) is 10.7. The lowest BCUT2D eigenvalue weighted by Crippen LogP contribution is -2.52. The number of ether oxygens (including phenoxy) is 1. The topological polar surface area (TPSA) is 96.0 Å². The number of benzene rings is 3. The van der Waals surface area contributed by atoms with Gasteiger partial charge in [0.2, 0.25) is 11.8 Å². The molecule has 0 aromatic heterocycles. The molecule has 0 heterocycles. The Hall–Kier alpha value is -3.92. The first-order valence-electron chi connectivity index (χ1n) is 13.1. The number of amides is 2. The van der Waals surface area contributed by atoms with E-state index >= 15 is 0 Å². The molecule has 3 aromatic rings. The number of nitrogens with zero attached hydrogens (tertiary/aromatic N) is 2. The Morgan fingerprint density at radius 2 is 1.57 bits per heavy atom. The summed E-state index contributed by atoms with van der Waals surface area (Å²) in [6.45, 7) is 5.52. The van der Waals surface area contributed by atoms with Crippen molar-refractivity contribution in [2.45, 2.75) is 44.7 Å². The van der Waals surface area contributed by atoms with E-state index < -0.39 is 34.3 Å². The van der Waals surface area contributed by atoms with E-state index in [1.807, 2.05) is 13.8 Å². The van der Waals surface area contributed by atoms with Crippen LogP contribution in [-0.4, -0.2) is 51.4 Å². The summed E-state index contributed by atoms with van der Waals surface area (Å²) in [6, 6.07) is 19.1. The zero-order valence-electron chi connectivity index (χ0n) is 23.2. The summed E-state index contributed by atoms with van der Waals surface area (Å²) in [5, 5.41) is 2.88. The molecule has 8 nitrogen and oxygen atoms in total. The van der Waals surface area contributed by atoms with Crippen molar-refractivity contribution in [2.75, 3.05) is 24.5 Å². The zero-order valence-corrected chi connectivity index (χ0v) is 24.0. The maximum atomic E-state index is 14.0. The molecular weight excluding hydrogens is 533 g/mol. The van der Waals surface area contributed by atoms with Crippen molar-refractivity contribution in [3.63, 3.8) is 0 Å². The van der Waals surface area contributed by atoms with Crippen molar-refractivity contribution in [1.82, 2.24) is 10.2 Å². The first-order valence-corrected chi connectivity index (χ1v) is 14.5. The highest BCUT2D eigenvalue weighted by Gasteiger charge is 2.34. The van der Waals surface area contributed by atoms with Crippen LogP contribution in [0.3, 0.4) is 0 Å². The summed E-state index contributed by atoms with van der Waals surface area (Å²) in [6.07, 6.45) is 0.289. The van der Waals surface area contributed by atoms with Gasteiger partial charge in [0.1, 0.15) is 24.2 Å². The van der Waals surface area contributed by atoms with Crippen LogP contribution in [0.4, 0.5) is 10.1 Å². The highest BCUT2D eigenvalue weighted by atomic mass is 32.2. The molecule has 40 heavy (non-hydrogen) atoms. The SMILES string of the molecule is CCC(C(=O)NCC(C)C)N(Cc1ccc(F)cc1)C(=O)CN(c1ccccc1OC)S(=O)(=O)c1ccccc1. The van der Waals surface area contributed by atoms with Gasteiger partial charge in [-0.3, -0.25) is 13.9 Å². The van der Waals surface area contributed by atoms with E-state index in [1.54, 1.807) is 49.4 Å². The van der Waals surface area contributed by atoms with E-state index in [0.717, 1.165) is 4.31 Å². The summed E-state index contributed by atoms with van der Waals surface area (Å²) < 4.78 is 47.8. The van der Waals surface area contributed by atoms with Gasteiger partial charge in [-0.05, 0) is 54.3 Å². The van der Waals surface area contributed by atoms with Gasteiger partial charge in [-0.25, -0.2) is 12.8 Å². The minimum absolute atomic E-state index is 0.000471. The molecule has 0 fully saturated rings. The Balaban J connectivity index is 2.06. The van der Waals surface area contributed by atoms with Gasteiger partial charge >= 0.3 is 0 Å². The van der Waals surface area contributed by atoms with Crippen LogP contribution in [0.15, 0.2) is 83.8 Å². The van der Waals surface area contributed by atoms with Gasteiger partial charge in [-0.1, -0.05) is 63.2 Å². The highest BCUT2D eigenvalue weighted by molar-refractivity contribution is 7.92. The zero-order chi connectivity index (χ0) is 29.3. The van der Waals surface area contributed by atoms with E-state index in [2.05, 4.69) is 5.32 Å². The lowest BCUT2D eigenvalue weighted by atomic mass is 10.1. The molecule has 0 radical (unpaired) electrons. The van der Waals surface area contributed by atoms with E-state index in [-0.39, 0.29) is 41.1 Å². The number of carbonyl (C=O) groups is 2. The normalized spacial score (nSPS) is 12.1. The molecule has 0 spiro atoms. The predicted molar refractivity (Wildman–Crippen MR) is 153 cm³/mol. The average Bonchev–Trinajstić information content (AvgIpc) is 2.95. The first-order chi connectivity index (χ1) is 19.1. The van der Waals surface area contributed by atoms with Crippen LogP contribution in [-0.2, 0) is 26.2 Å². The number of anilines is 1. The second-order valence-corrected chi connectivity index (χ2v) is 11.6. The summed E-state index contributed by atoms with van der Waals surface area (Å²) in [5.74, 6) is -0.913. The number of halogens is 1. The van der Waals surface area contributed by atoms with E-state index in [1.165, 1.54) is 48.4 Å². The van der Waals surface area contributed by atoms with Crippen LogP contribution >= 0.6 is 0 Å². The predicted octanol–water partition coefficient (Wildman–Crippen LogP) is 4.61. The standard InChI is InChI=1S/C30H36FN3O5S/c1-5-26(30(36)32-19-22(2)3)33(20-23-15-17-24(31)18-16-23)29(35)21-34(27-13-9-10-14-28(27)39-4)40(37,38)25-11-7-6-8-12-25/h6-18,22,26H,5,19-21H2,1-4H3,(H,32,36). The second-order valence-electron chi connectivity index (χ2n) is 9.71. The van der Waals surface area contributed by atoms with Crippen molar-refractivity contribution >= 4 is 27.5 Å². The van der Waals surface area contributed by atoms with Gasteiger partial charge in [0.25, 0.3) is 10.0 Å². The lowest BCUT2D eigenvalue weighted by Gasteiger charge is -2.33. The molecule has 0 saturated carbocycles. The quantitative estimate of drug-likeness (QED) is 0.324. The number of carbonyl (C=O) groups excluding carboxylic acids is 2. The third-order valence-corrected chi connectivity index (χ3v) is 8.07. The molecule has 0 aliphatic carbocycles. The van der Waals surface area contributed by atoms with Crippen molar-refractivity contribution in [3.05, 3.63) is 90.2 Å². The Morgan fingerprint density at radius 3 is 2.17 bits per heavy atom. The van der Waals surface area contributed by atoms with E-state index in [0.29, 0.717) is 12.1 Å². The molecule has 3 aromatic carbocycles. The first kappa shape index (κ1) is 30.6. The van der Waals surface area contributed by atoms with Crippen LogP contribution in [0.5, 0.6) is 5.75 Å². The average molecular weight is 570 g/mol. The summed E-state index contributed by atoms with van der Waals surface area (Å²) >= 11 is 0. The van der Waals surface area contributed by atoms with Crippen molar-refractivity contribution in [2.24, 2.45) is 5.92 Å². The molecular formula is C30H36FN3O5S. The fourth-order valence-electron chi connectivity index (χ4n) is 4.20. The molecule has 1 unspecified atom stereocenters. The van der Waals surface area contributed by atoms with Crippen LogP contribution in [0.1, 0.15) is 32.8 Å². The number of nitrogens with one attached hydrogen (secondary N) is 1. The van der Waals surface area contributed by atoms with Crippen LogP contribution in [0.2, 0.25) is 0 Å². The molecule has 214 valence electrons. The molecule has 0 bridgehead atoms. The molecule has 1 N–H and O–H groups in total. The van der Waals surface area contributed by atoms with Gasteiger partial charge < -0.3 is 15.0 Å².